The zero-order valence-electron chi connectivity index (χ0n) is 7.29. The first-order chi connectivity index (χ1) is 6.06. The van der Waals surface area contributed by atoms with Crippen LogP contribution in [-0.2, 0) is 0 Å². The molecule has 1 aromatic rings. The first kappa shape index (κ1) is 9.95. The lowest BCUT2D eigenvalue weighted by Gasteiger charge is -2.11. The van der Waals surface area contributed by atoms with Crippen molar-refractivity contribution in [3.63, 3.8) is 0 Å². The van der Waals surface area contributed by atoms with E-state index in [0.29, 0.717) is 5.56 Å². The Morgan fingerprint density at radius 2 is 2.15 bits per heavy atom. The van der Waals surface area contributed by atoms with Crippen molar-refractivity contribution in [1.82, 2.24) is 0 Å². The average molecular weight is 185 g/mol. The van der Waals surface area contributed by atoms with E-state index in [9.17, 15) is 14.6 Å². The molecule has 4 N–H and O–H groups in total. The monoisotopic (exact) mass is 185 g/mol. The quantitative estimate of drug-likeness (QED) is 0.639. The van der Waals surface area contributed by atoms with Gasteiger partial charge < -0.3 is 15.9 Å². The van der Waals surface area contributed by atoms with Crippen LogP contribution in [0.2, 0.25) is 0 Å². The van der Waals surface area contributed by atoms with Crippen LogP contribution in [0.25, 0.3) is 0 Å². The maximum atomic E-state index is 12.9. The summed E-state index contributed by atoms with van der Waals surface area (Å²) in [6, 6.07) is 2.71. The van der Waals surface area contributed by atoms with Crippen LogP contribution >= 0.6 is 0 Å². The number of rotatable bonds is 2. The molecule has 1 atom stereocenters. The topological polar surface area (TPSA) is 66.5 Å². The molecule has 0 radical (unpaired) electrons. The number of phenols is 1. The third kappa shape index (κ3) is 1.96. The van der Waals surface area contributed by atoms with Gasteiger partial charge in [0.1, 0.15) is 0 Å². The molecule has 1 aromatic carbocycles. The molecule has 0 fully saturated rings. The van der Waals surface area contributed by atoms with E-state index < -0.39 is 17.7 Å². The van der Waals surface area contributed by atoms with Crippen molar-refractivity contribution in [3.05, 3.63) is 29.1 Å². The van der Waals surface area contributed by atoms with E-state index in [1.807, 2.05) is 0 Å². The number of hydrogen-bond donors (Lipinski definition) is 3. The Morgan fingerprint density at radius 3 is 2.69 bits per heavy atom. The summed E-state index contributed by atoms with van der Waals surface area (Å²) in [5.41, 5.74) is 5.97. The molecule has 0 amide bonds. The van der Waals surface area contributed by atoms with Crippen LogP contribution in [0, 0.1) is 12.7 Å². The van der Waals surface area contributed by atoms with E-state index in [4.69, 9.17) is 5.73 Å². The van der Waals surface area contributed by atoms with Crippen molar-refractivity contribution >= 4 is 0 Å². The lowest BCUT2D eigenvalue weighted by molar-refractivity contribution is 0.181. The molecule has 0 bridgehead atoms. The molecule has 1 rings (SSSR count). The predicted molar refractivity (Wildman–Crippen MR) is 46.8 cm³/mol. The van der Waals surface area contributed by atoms with Crippen molar-refractivity contribution in [2.24, 2.45) is 5.73 Å². The summed E-state index contributed by atoms with van der Waals surface area (Å²) in [7, 11) is 0. The number of aliphatic hydroxyl groups is 1. The van der Waals surface area contributed by atoms with Gasteiger partial charge in [0.25, 0.3) is 0 Å². The van der Waals surface area contributed by atoms with Gasteiger partial charge in [0.2, 0.25) is 0 Å². The lowest BCUT2D eigenvalue weighted by Crippen LogP contribution is -2.12. The summed E-state index contributed by atoms with van der Waals surface area (Å²) in [5, 5.41) is 18.5. The van der Waals surface area contributed by atoms with E-state index in [-0.39, 0.29) is 12.1 Å². The molecular weight excluding hydrogens is 173 g/mol. The average Bonchev–Trinajstić information content (AvgIpc) is 2.10. The Balaban J connectivity index is 3.20. The van der Waals surface area contributed by atoms with Crippen LogP contribution in [-0.4, -0.2) is 16.8 Å². The molecule has 13 heavy (non-hydrogen) atoms. The van der Waals surface area contributed by atoms with Gasteiger partial charge in [-0.15, -0.1) is 0 Å². The number of halogens is 1. The highest BCUT2D eigenvalue weighted by molar-refractivity contribution is 5.38. The van der Waals surface area contributed by atoms with Crippen LogP contribution in [0.4, 0.5) is 4.39 Å². The smallest absolute Gasteiger partial charge is 0.165 e. The molecule has 1 unspecified atom stereocenters. The van der Waals surface area contributed by atoms with Crippen LogP contribution in [0.5, 0.6) is 5.75 Å². The summed E-state index contributed by atoms with van der Waals surface area (Å²) in [6.07, 6.45) is -1.02. The first-order valence-electron chi connectivity index (χ1n) is 3.93. The van der Waals surface area contributed by atoms with Crippen LogP contribution < -0.4 is 5.73 Å². The Labute approximate surface area is 75.6 Å². The van der Waals surface area contributed by atoms with E-state index in [1.54, 1.807) is 6.92 Å². The molecule has 0 spiro atoms. The zero-order valence-corrected chi connectivity index (χ0v) is 7.29. The highest BCUT2D eigenvalue weighted by atomic mass is 19.1. The minimum atomic E-state index is -1.02. The van der Waals surface area contributed by atoms with Crippen LogP contribution in [0.15, 0.2) is 12.1 Å². The first-order valence-corrected chi connectivity index (χ1v) is 3.93. The molecular formula is C9H12FNO2. The number of hydrogen-bond acceptors (Lipinski definition) is 3. The normalized spacial score (nSPS) is 12.9. The van der Waals surface area contributed by atoms with Crippen molar-refractivity contribution < 1.29 is 14.6 Å². The van der Waals surface area contributed by atoms with Crippen molar-refractivity contribution in [1.29, 1.82) is 0 Å². The number of benzene rings is 1. The number of aryl methyl sites for hydroxylation is 1. The summed E-state index contributed by atoms with van der Waals surface area (Å²) in [4.78, 5) is 0. The van der Waals surface area contributed by atoms with Crippen LogP contribution in [0.1, 0.15) is 17.2 Å². The minimum Gasteiger partial charge on any atom is -0.505 e. The molecule has 0 aliphatic rings. The summed E-state index contributed by atoms with van der Waals surface area (Å²) in [5.74, 6) is -1.26. The molecule has 0 aliphatic carbocycles. The van der Waals surface area contributed by atoms with Gasteiger partial charge in [-0.05, 0) is 24.6 Å². The fourth-order valence-electron chi connectivity index (χ4n) is 1.14. The molecule has 0 saturated carbocycles. The fraction of sp³-hybridized carbons (Fsp3) is 0.333. The molecule has 4 heteroatoms. The maximum absolute atomic E-state index is 12.9. The van der Waals surface area contributed by atoms with Gasteiger partial charge in [-0.25, -0.2) is 4.39 Å². The fourth-order valence-corrected chi connectivity index (χ4v) is 1.14. The molecule has 0 aromatic heterocycles. The Bertz CT molecular complexity index is 315. The standard InChI is InChI=1S/C9H12FNO2/c1-5-2-6(8(12)4-11)9(13)7(10)3-5/h2-3,8,12-13H,4,11H2,1H3. The van der Waals surface area contributed by atoms with Gasteiger partial charge >= 0.3 is 0 Å². The van der Waals surface area contributed by atoms with E-state index in [0.717, 1.165) is 0 Å². The second kappa shape index (κ2) is 3.72. The number of aromatic hydroxyl groups is 1. The predicted octanol–water partition coefficient (Wildman–Crippen LogP) is 0.832. The van der Waals surface area contributed by atoms with E-state index >= 15 is 0 Å². The van der Waals surface area contributed by atoms with Crippen molar-refractivity contribution in [2.75, 3.05) is 6.54 Å². The van der Waals surface area contributed by atoms with Gasteiger partial charge in [0.05, 0.1) is 6.10 Å². The zero-order chi connectivity index (χ0) is 10.0. The molecule has 3 nitrogen and oxygen atoms in total. The maximum Gasteiger partial charge on any atom is 0.165 e. The summed E-state index contributed by atoms with van der Waals surface area (Å²) >= 11 is 0. The van der Waals surface area contributed by atoms with Gasteiger partial charge in [-0.1, -0.05) is 0 Å². The Hall–Kier alpha value is -1.13. The van der Waals surface area contributed by atoms with Crippen molar-refractivity contribution in [2.45, 2.75) is 13.0 Å². The molecule has 0 aliphatic heterocycles. The number of phenolic OH excluding ortho intramolecular Hbond substituents is 1. The highest BCUT2D eigenvalue weighted by Crippen LogP contribution is 2.27. The minimum absolute atomic E-state index is 0.0452. The second-order valence-electron chi connectivity index (χ2n) is 2.94. The van der Waals surface area contributed by atoms with E-state index in [2.05, 4.69) is 0 Å². The largest absolute Gasteiger partial charge is 0.505 e. The lowest BCUT2D eigenvalue weighted by atomic mass is 10.1. The highest BCUT2D eigenvalue weighted by Gasteiger charge is 2.14. The Morgan fingerprint density at radius 1 is 1.54 bits per heavy atom. The SMILES string of the molecule is Cc1cc(F)c(O)c(C(O)CN)c1. The van der Waals surface area contributed by atoms with Gasteiger partial charge in [-0.2, -0.15) is 0 Å². The summed E-state index contributed by atoms with van der Waals surface area (Å²) < 4.78 is 12.9. The third-order valence-corrected chi connectivity index (χ3v) is 1.82. The number of aliphatic hydroxyl groups excluding tert-OH is 1. The van der Waals surface area contributed by atoms with Crippen LogP contribution in [0.3, 0.4) is 0 Å². The molecule has 0 saturated heterocycles. The second-order valence-corrected chi connectivity index (χ2v) is 2.94. The summed E-state index contributed by atoms with van der Waals surface area (Å²) in [6.45, 7) is 1.63. The third-order valence-electron chi connectivity index (χ3n) is 1.82. The van der Waals surface area contributed by atoms with Gasteiger partial charge in [-0.3, -0.25) is 0 Å². The van der Waals surface area contributed by atoms with Gasteiger partial charge in [0, 0.05) is 12.1 Å². The molecule has 72 valence electrons. The van der Waals surface area contributed by atoms with E-state index in [1.165, 1.54) is 12.1 Å². The molecule has 0 heterocycles. The Kier molecular flexibility index (Phi) is 2.85. The van der Waals surface area contributed by atoms with Gasteiger partial charge in [0.15, 0.2) is 11.6 Å². The van der Waals surface area contributed by atoms with Crippen molar-refractivity contribution in [3.8, 4) is 5.75 Å². The number of nitrogens with two attached hydrogens (primary N) is 1.